The summed E-state index contributed by atoms with van der Waals surface area (Å²) in [6, 6.07) is 12.2. The third-order valence-electron chi connectivity index (χ3n) is 6.74. The van der Waals surface area contributed by atoms with Crippen molar-refractivity contribution in [1.29, 1.82) is 0 Å². The van der Waals surface area contributed by atoms with Gasteiger partial charge in [-0.25, -0.2) is 9.79 Å². The summed E-state index contributed by atoms with van der Waals surface area (Å²) in [5.74, 6) is 0.778. The predicted octanol–water partition coefficient (Wildman–Crippen LogP) is 5.33. The number of esters is 1. The molecule has 4 aromatic rings. The number of aromatic nitrogens is 1. The van der Waals surface area contributed by atoms with Gasteiger partial charge >= 0.3 is 5.97 Å². The number of furan rings is 1. The second-order valence-corrected chi connectivity index (χ2v) is 11.0. The minimum Gasteiger partial charge on any atom is -0.493 e. The molecule has 10 nitrogen and oxygen atoms in total. The van der Waals surface area contributed by atoms with Crippen molar-refractivity contribution in [3.63, 3.8) is 0 Å². The Hall–Kier alpha value is -4.48. The highest BCUT2D eigenvalue weighted by Crippen LogP contribution is 2.37. The number of rotatable bonds is 8. The fourth-order valence-corrected chi connectivity index (χ4v) is 6.01. The fraction of sp³-hybridized carbons (Fsp3) is 0.233. The molecule has 42 heavy (non-hydrogen) atoms. The first kappa shape index (κ1) is 29.0. The molecule has 0 aliphatic carbocycles. The largest absolute Gasteiger partial charge is 0.493 e. The average Bonchev–Trinajstić information content (AvgIpc) is 3.55. The summed E-state index contributed by atoms with van der Waals surface area (Å²) in [5, 5.41) is 11.5. The Morgan fingerprint density at radius 2 is 2.00 bits per heavy atom. The molecule has 0 saturated carbocycles. The topological polar surface area (TPSA) is 126 Å². The number of non-ortho nitro benzene ring substituents is 1. The van der Waals surface area contributed by atoms with Crippen molar-refractivity contribution in [1.82, 2.24) is 4.57 Å². The molecule has 0 radical (unpaired) electrons. The van der Waals surface area contributed by atoms with E-state index in [9.17, 15) is 19.7 Å². The Bertz CT molecular complexity index is 1940. The van der Waals surface area contributed by atoms with Crippen molar-refractivity contribution in [2.75, 3.05) is 13.7 Å². The van der Waals surface area contributed by atoms with Crippen LogP contribution in [0.5, 0.6) is 5.75 Å². The Labute approximate surface area is 248 Å². The Morgan fingerprint density at radius 1 is 1.21 bits per heavy atom. The predicted molar refractivity (Wildman–Crippen MR) is 159 cm³/mol. The summed E-state index contributed by atoms with van der Waals surface area (Å²) in [6.45, 7) is 5.87. The summed E-state index contributed by atoms with van der Waals surface area (Å²) in [7, 11) is 1.28. The van der Waals surface area contributed by atoms with Gasteiger partial charge in [0, 0.05) is 34.4 Å². The summed E-state index contributed by atoms with van der Waals surface area (Å²) < 4.78 is 18.9. The zero-order valence-electron chi connectivity index (χ0n) is 23.2. The maximum absolute atomic E-state index is 13.9. The maximum Gasteiger partial charge on any atom is 0.338 e. The molecule has 0 bridgehead atoms. The second-order valence-electron chi connectivity index (χ2n) is 9.56. The van der Waals surface area contributed by atoms with E-state index in [1.165, 1.54) is 23.8 Å². The van der Waals surface area contributed by atoms with Crippen LogP contribution in [0.3, 0.4) is 0 Å². The molecule has 5 rings (SSSR count). The molecular formula is C30H26ClN3O7S. The number of benzene rings is 2. The van der Waals surface area contributed by atoms with Crippen molar-refractivity contribution < 1.29 is 23.6 Å². The van der Waals surface area contributed by atoms with Gasteiger partial charge in [-0.1, -0.05) is 29.9 Å². The van der Waals surface area contributed by atoms with Crippen LogP contribution in [-0.4, -0.2) is 29.2 Å². The normalized spacial score (nSPS) is 14.9. The average molecular weight is 608 g/mol. The van der Waals surface area contributed by atoms with E-state index < -0.39 is 16.9 Å². The Kier molecular flexibility index (Phi) is 8.15. The second kappa shape index (κ2) is 11.8. The molecule has 0 N–H and O–H groups in total. The van der Waals surface area contributed by atoms with Crippen molar-refractivity contribution in [2.45, 2.75) is 33.2 Å². The van der Waals surface area contributed by atoms with Gasteiger partial charge in [0.1, 0.15) is 23.3 Å². The molecular weight excluding hydrogens is 582 g/mol. The number of nitrogens with zero attached hydrogens (tertiary/aromatic N) is 3. The van der Waals surface area contributed by atoms with E-state index in [-0.39, 0.29) is 16.8 Å². The van der Waals surface area contributed by atoms with E-state index in [4.69, 9.17) is 25.5 Å². The van der Waals surface area contributed by atoms with Gasteiger partial charge in [-0.15, -0.1) is 0 Å². The third-order valence-corrected chi connectivity index (χ3v) is 7.96. The molecule has 1 aliphatic rings. The third kappa shape index (κ3) is 5.40. The van der Waals surface area contributed by atoms with Crippen LogP contribution >= 0.6 is 22.9 Å². The molecule has 3 heterocycles. The summed E-state index contributed by atoms with van der Waals surface area (Å²) in [4.78, 5) is 42.6. The molecule has 0 spiro atoms. The quantitative estimate of drug-likeness (QED) is 0.151. The van der Waals surface area contributed by atoms with Crippen LogP contribution in [0.4, 0.5) is 5.69 Å². The monoisotopic (exact) mass is 607 g/mol. The number of nitro groups is 1. The van der Waals surface area contributed by atoms with E-state index in [1.54, 1.807) is 56.3 Å². The van der Waals surface area contributed by atoms with E-state index in [1.807, 2.05) is 6.92 Å². The molecule has 0 unspecified atom stereocenters. The number of aryl methyl sites for hydroxylation is 1. The Balaban J connectivity index is 1.64. The van der Waals surface area contributed by atoms with E-state index >= 15 is 0 Å². The lowest BCUT2D eigenvalue weighted by atomic mass is 9.95. The highest BCUT2D eigenvalue weighted by molar-refractivity contribution is 7.07. The van der Waals surface area contributed by atoms with Crippen LogP contribution in [0.2, 0.25) is 5.02 Å². The van der Waals surface area contributed by atoms with Gasteiger partial charge in [-0.05, 0) is 62.2 Å². The van der Waals surface area contributed by atoms with Crippen molar-refractivity contribution in [3.05, 3.63) is 112 Å². The molecule has 0 saturated heterocycles. The first-order valence-corrected chi connectivity index (χ1v) is 14.2. The number of thiazole rings is 1. The number of ether oxygens (including phenoxy) is 2. The highest BCUT2D eigenvalue weighted by Gasteiger charge is 2.35. The number of carbonyl (C=O) groups is 1. The van der Waals surface area contributed by atoms with Gasteiger partial charge in [-0.2, -0.15) is 0 Å². The smallest absolute Gasteiger partial charge is 0.338 e. The summed E-state index contributed by atoms with van der Waals surface area (Å²) >= 11 is 7.54. The molecule has 12 heteroatoms. The number of hydrogen-bond donors (Lipinski definition) is 0. The van der Waals surface area contributed by atoms with Crippen LogP contribution in [0.15, 0.2) is 74.0 Å². The van der Waals surface area contributed by atoms with Crippen molar-refractivity contribution >= 4 is 40.7 Å². The first-order valence-electron chi connectivity index (χ1n) is 13.0. The van der Waals surface area contributed by atoms with E-state index in [2.05, 4.69) is 4.99 Å². The Morgan fingerprint density at radius 3 is 2.69 bits per heavy atom. The number of hydrogen-bond acceptors (Lipinski definition) is 9. The number of carbonyl (C=O) groups excluding carboxylic acids is 1. The SMILES string of the molecule is CCCOc1ccc(Cl)cc1[C@@H]1C(C(=O)OC)=C(C)N=c2s/c(=C/c3ccc(-c4ccc([N+](=O)[O-])cc4C)o3)c(=O)n21. The van der Waals surface area contributed by atoms with Crippen LogP contribution in [-0.2, 0) is 9.53 Å². The standard InChI is InChI=1S/C30H26ClN3O7S/c1-5-12-40-23-10-6-18(31)14-22(23)27-26(29(36)39-4)17(3)32-30-33(27)28(35)25(42-30)15-20-8-11-24(41-20)21-9-7-19(34(37)38)13-16(21)2/h6-11,13-15,27H,5,12H2,1-4H3/b25-15+/t27-/m1/s1. The minimum atomic E-state index is -0.892. The van der Waals surface area contributed by atoms with Gasteiger partial charge in [-0.3, -0.25) is 19.5 Å². The maximum atomic E-state index is 13.9. The van der Waals surface area contributed by atoms with Crippen molar-refractivity contribution in [2.24, 2.45) is 4.99 Å². The lowest BCUT2D eigenvalue weighted by Gasteiger charge is -2.26. The molecule has 2 aromatic heterocycles. The molecule has 0 fully saturated rings. The number of nitro benzene ring substituents is 1. The van der Waals surface area contributed by atoms with E-state index in [0.717, 1.165) is 17.8 Å². The number of fused-ring (bicyclic) bond motifs is 1. The minimum absolute atomic E-state index is 0.0109. The fourth-order valence-electron chi connectivity index (χ4n) is 4.81. The van der Waals surface area contributed by atoms with Crippen molar-refractivity contribution in [3.8, 4) is 17.1 Å². The van der Waals surface area contributed by atoms with Gasteiger partial charge in [0.25, 0.3) is 11.2 Å². The number of allylic oxidation sites excluding steroid dienone is 1. The van der Waals surface area contributed by atoms with Crippen LogP contribution in [0.1, 0.15) is 43.2 Å². The van der Waals surface area contributed by atoms with Gasteiger partial charge in [0.05, 0.1) is 34.4 Å². The van der Waals surface area contributed by atoms with Crippen LogP contribution < -0.4 is 19.6 Å². The van der Waals surface area contributed by atoms with Gasteiger partial charge < -0.3 is 13.9 Å². The van der Waals surface area contributed by atoms with Gasteiger partial charge in [0.2, 0.25) is 0 Å². The summed E-state index contributed by atoms with van der Waals surface area (Å²) in [6.07, 6.45) is 2.36. The summed E-state index contributed by atoms with van der Waals surface area (Å²) in [5.41, 5.74) is 2.13. The molecule has 1 aliphatic heterocycles. The lowest BCUT2D eigenvalue weighted by molar-refractivity contribution is -0.384. The highest BCUT2D eigenvalue weighted by atomic mass is 35.5. The van der Waals surface area contributed by atoms with Crippen LogP contribution in [0.25, 0.3) is 17.4 Å². The number of halogens is 1. The molecule has 2 aromatic carbocycles. The zero-order valence-corrected chi connectivity index (χ0v) is 24.7. The lowest BCUT2D eigenvalue weighted by Crippen LogP contribution is -2.40. The zero-order chi connectivity index (χ0) is 30.1. The molecule has 1 atom stereocenters. The van der Waals surface area contributed by atoms with Crippen LogP contribution in [0, 0.1) is 17.0 Å². The van der Waals surface area contributed by atoms with Gasteiger partial charge in [0.15, 0.2) is 4.80 Å². The first-order chi connectivity index (χ1) is 20.1. The molecule has 0 amide bonds. The molecule has 216 valence electrons. The van der Waals surface area contributed by atoms with E-state index in [0.29, 0.717) is 60.6 Å². The number of methoxy groups -OCH3 is 1.